The fourth-order valence-corrected chi connectivity index (χ4v) is 4.73. The van der Waals surface area contributed by atoms with E-state index in [1.807, 2.05) is 0 Å². The van der Waals surface area contributed by atoms with E-state index in [1.165, 1.54) is 38.1 Å². The van der Waals surface area contributed by atoms with Gasteiger partial charge in [-0.3, -0.25) is 9.59 Å². The summed E-state index contributed by atoms with van der Waals surface area (Å²) in [4.78, 5) is 36.7. The Labute approximate surface area is 166 Å². The van der Waals surface area contributed by atoms with E-state index < -0.39 is 27.6 Å². The number of thiophene rings is 1. The molecule has 3 N–H and O–H groups in total. The summed E-state index contributed by atoms with van der Waals surface area (Å²) in [5.41, 5.74) is 5.62. The fourth-order valence-electron chi connectivity index (χ4n) is 2.54. The molecule has 0 fully saturated rings. The van der Waals surface area contributed by atoms with E-state index in [0.29, 0.717) is 5.56 Å². The van der Waals surface area contributed by atoms with Crippen LogP contribution in [0.2, 0.25) is 0 Å². The van der Waals surface area contributed by atoms with E-state index >= 15 is 0 Å². The van der Waals surface area contributed by atoms with Gasteiger partial charge in [0, 0.05) is 0 Å². The monoisotopic (exact) mass is 424 g/mol. The first-order valence-corrected chi connectivity index (χ1v) is 10.8. The number of rotatable bonds is 7. The predicted molar refractivity (Wildman–Crippen MR) is 106 cm³/mol. The van der Waals surface area contributed by atoms with Gasteiger partial charge in [0.1, 0.15) is 9.88 Å². The summed E-state index contributed by atoms with van der Waals surface area (Å²) in [6, 6.07) is 5.76. The molecule has 1 heterocycles. The molecule has 2 rings (SSSR count). The average Bonchev–Trinajstić information content (AvgIpc) is 2.98. The Balaban J connectivity index is 2.50. The van der Waals surface area contributed by atoms with E-state index in [0.717, 1.165) is 11.3 Å². The predicted octanol–water partition coefficient (Wildman–Crippen LogP) is 2.38. The maximum atomic E-state index is 12.8. The summed E-state index contributed by atoms with van der Waals surface area (Å²) in [6.07, 6.45) is 0. The van der Waals surface area contributed by atoms with Crippen molar-refractivity contribution in [3.8, 4) is 0 Å². The summed E-state index contributed by atoms with van der Waals surface area (Å²) in [5.74, 6) is -2.36. The molecule has 0 bridgehead atoms. The van der Waals surface area contributed by atoms with Crippen molar-refractivity contribution in [2.75, 3.05) is 17.7 Å². The molecule has 28 heavy (non-hydrogen) atoms. The number of anilines is 1. The SMILES string of the molecule is CCOC(=O)c1sc(NC(=O)c2ccccc2S(=O)(=O)CC)c(C(N)=O)c1C. The van der Waals surface area contributed by atoms with Crippen molar-refractivity contribution in [1.82, 2.24) is 0 Å². The van der Waals surface area contributed by atoms with Gasteiger partial charge in [0.25, 0.3) is 11.8 Å². The number of primary amides is 1. The first-order valence-electron chi connectivity index (χ1n) is 8.37. The van der Waals surface area contributed by atoms with Crippen LogP contribution in [0.15, 0.2) is 29.2 Å². The highest BCUT2D eigenvalue weighted by Gasteiger charge is 2.27. The number of nitrogens with one attached hydrogen (secondary N) is 1. The summed E-state index contributed by atoms with van der Waals surface area (Å²) in [5, 5.41) is 2.57. The molecule has 2 amide bonds. The number of hydrogen-bond acceptors (Lipinski definition) is 7. The van der Waals surface area contributed by atoms with Crippen molar-refractivity contribution in [3.63, 3.8) is 0 Å². The number of nitrogens with two attached hydrogens (primary N) is 1. The summed E-state index contributed by atoms with van der Waals surface area (Å²) < 4.78 is 29.5. The van der Waals surface area contributed by atoms with Crippen molar-refractivity contribution in [1.29, 1.82) is 0 Å². The Morgan fingerprint density at radius 2 is 1.82 bits per heavy atom. The molecule has 1 aromatic heterocycles. The van der Waals surface area contributed by atoms with Gasteiger partial charge in [0.05, 0.1) is 28.4 Å². The number of sulfone groups is 1. The summed E-state index contributed by atoms with van der Waals surface area (Å²) >= 11 is 0.848. The van der Waals surface area contributed by atoms with E-state index in [-0.39, 0.29) is 38.3 Å². The molecule has 2 aromatic rings. The van der Waals surface area contributed by atoms with E-state index in [9.17, 15) is 22.8 Å². The number of carbonyl (C=O) groups excluding carboxylic acids is 3. The van der Waals surface area contributed by atoms with Crippen LogP contribution in [0.4, 0.5) is 5.00 Å². The van der Waals surface area contributed by atoms with Gasteiger partial charge in [-0.2, -0.15) is 0 Å². The number of ether oxygens (including phenoxy) is 1. The maximum Gasteiger partial charge on any atom is 0.348 e. The van der Waals surface area contributed by atoms with Crippen molar-refractivity contribution in [2.45, 2.75) is 25.7 Å². The van der Waals surface area contributed by atoms with Gasteiger partial charge >= 0.3 is 5.97 Å². The van der Waals surface area contributed by atoms with Crippen LogP contribution < -0.4 is 11.1 Å². The quantitative estimate of drug-likeness (QED) is 0.656. The van der Waals surface area contributed by atoms with Gasteiger partial charge in [0.2, 0.25) is 0 Å². The van der Waals surface area contributed by atoms with Crippen LogP contribution in [0.1, 0.15) is 49.8 Å². The molecule has 0 saturated carbocycles. The topological polar surface area (TPSA) is 133 Å². The van der Waals surface area contributed by atoms with E-state index in [1.54, 1.807) is 6.92 Å². The third kappa shape index (κ3) is 4.23. The van der Waals surface area contributed by atoms with Crippen LogP contribution in [-0.2, 0) is 14.6 Å². The Morgan fingerprint density at radius 3 is 2.39 bits per heavy atom. The zero-order valence-corrected chi connectivity index (χ0v) is 17.2. The van der Waals surface area contributed by atoms with Crippen LogP contribution in [0.5, 0.6) is 0 Å². The molecule has 0 aliphatic heterocycles. The van der Waals surface area contributed by atoms with Crippen LogP contribution in [0, 0.1) is 6.92 Å². The molecule has 0 atom stereocenters. The normalized spacial score (nSPS) is 11.1. The first kappa shape index (κ1) is 21.6. The first-order chi connectivity index (χ1) is 13.1. The van der Waals surface area contributed by atoms with Gasteiger partial charge < -0.3 is 15.8 Å². The second kappa shape index (κ2) is 8.53. The van der Waals surface area contributed by atoms with Crippen LogP contribution in [0.3, 0.4) is 0 Å². The molecule has 0 aliphatic carbocycles. The average molecular weight is 425 g/mol. The summed E-state index contributed by atoms with van der Waals surface area (Å²) in [6.45, 7) is 4.78. The lowest BCUT2D eigenvalue weighted by Crippen LogP contribution is -2.19. The number of carbonyl (C=O) groups is 3. The maximum absolute atomic E-state index is 12.8. The number of hydrogen-bond donors (Lipinski definition) is 2. The molecule has 8 nitrogen and oxygen atoms in total. The molecule has 0 radical (unpaired) electrons. The lowest BCUT2D eigenvalue weighted by atomic mass is 10.1. The van der Waals surface area contributed by atoms with Crippen molar-refractivity contribution < 1.29 is 27.5 Å². The molecular weight excluding hydrogens is 404 g/mol. The third-order valence-electron chi connectivity index (χ3n) is 3.93. The van der Waals surface area contributed by atoms with Gasteiger partial charge in [-0.05, 0) is 31.5 Å². The zero-order chi connectivity index (χ0) is 21.1. The molecule has 1 aromatic carbocycles. The minimum absolute atomic E-state index is 0.0165. The van der Waals surface area contributed by atoms with Crippen molar-refractivity contribution >= 4 is 44.0 Å². The van der Waals surface area contributed by atoms with Gasteiger partial charge in [-0.15, -0.1) is 11.3 Å². The standard InChI is InChI=1S/C18H20N2O6S2/c1-4-26-18(23)14-10(3)13(15(19)21)17(27-14)20-16(22)11-8-6-7-9-12(11)28(24,25)5-2/h6-9H,4-5H2,1-3H3,(H2,19,21)(H,20,22). The van der Waals surface area contributed by atoms with Gasteiger partial charge in [-0.1, -0.05) is 19.1 Å². The second-order valence-corrected chi connectivity index (χ2v) is 8.97. The highest BCUT2D eigenvalue weighted by Crippen LogP contribution is 2.34. The Morgan fingerprint density at radius 1 is 1.18 bits per heavy atom. The third-order valence-corrected chi connectivity index (χ3v) is 6.90. The van der Waals surface area contributed by atoms with E-state index in [4.69, 9.17) is 10.5 Å². The van der Waals surface area contributed by atoms with Crippen molar-refractivity contribution in [2.24, 2.45) is 5.73 Å². The number of amides is 2. The lowest BCUT2D eigenvalue weighted by molar-refractivity contribution is 0.0531. The Kier molecular flexibility index (Phi) is 6.57. The Hall–Kier alpha value is -2.72. The van der Waals surface area contributed by atoms with Gasteiger partial charge in [0.15, 0.2) is 9.84 Å². The molecule has 0 spiro atoms. The minimum atomic E-state index is -3.64. The second-order valence-electron chi connectivity index (χ2n) is 5.70. The fraction of sp³-hybridized carbons (Fsp3) is 0.278. The minimum Gasteiger partial charge on any atom is -0.462 e. The molecule has 0 unspecified atom stereocenters. The van der Waals surface area contributed by atoms with Crippen LogP contribution in [-0.4, -0.2) is 38.6 Å². The zero-order valence-electron chi connectivity index (χ0n) is 15.6. The summed E-state index contributed by atoms with van der Waals surface area (Å²) in [7, 11) is -3.64. The molecule has 0 saturated heterocycles. The molecule has 10 heteroatoms. The number of esters is 1. The Bertz CT molecular complexity index is 1040. The number of benzene rings is 1. The van der Waals surface area contributed by atoms with Crippen LogP contribution in [0.25, 0.3) is 0 Å². The van der Waals surface area contributed by atoms with E-state index in [2.05, 4.69) is 5.32 Å². The smallest absolute Gasteiger partial charge is 0.348 e. The van der Waals surface area contributed by atoms with Crippen molar-refractivity contribution in [3.05, 3.63) is 45.8 Å². The lowest BCUT2D eigenvalue weighted by Gasteiger charge is -2.10. The molecular formula is C18H20N2O6S2. The van der Waals surface area contributed by atoms with Crippen LogP contribution >= 0.6 is 11.3 Å². The molecule has 0 aliphatic rings. The van der Waals surface area contributed by atoms with Gasteiger partial charge in [-0.25, -0.2) is 13.2 Å². The highest BCUT2D eigenvalue weighted by molar-refractivity contribution is 7.91. The largest absolute Gasteiger partial charge is 0.462 e. The highest BCUT2D eigenvalue weighted by atomic mass is 32.2. The molecule has 150 valence electrons.